The second kappa shape index (κ2) is 7.12. The summed E-state index contributed by atoms with van der Waals surface area (Å²) in [6.45, 7) is 0.473. The lowest BCUT2D eigenvalue weighted by Gasteiger charge is -2.13. The first kappa shape index (κ1) is 16.0. The molecule has 0 radical (unpaired) electrons. The van der Waals surface area contributed by atoms with E-state index in [0.29, 0.717) is 28.6 Å². The van der Waals surface area contributed by atoms with Crippen LogP contribution in [-0.2, 0) is 0 Å². The topological polar surface area (TPSA) is 53.7 Å². The van der Waals surface area contributed by atoms with Crippen molar-refractivity contribution in [2.45, 2.75) is 6.42 Å². The lowest BCUT2D eigenvalue weighted by atomic mass is 10.2. The Morgan fingerprint density at radius 3 is 2.74 bits per heavy atom. The van der Waals surface area contributed by atoms with E-state index in [2.05, 4.69) is 0 Å². The number of rotatable bonds is 5. The highest BCUT2D eigenvalue weighted by molar-refractivity contribution is 8.19. The molecule has 1 fully saturated rings. The van der Waals surface area contributed by atoms with Gasteiger partial charge < -0.3 is 9.52 Å². The summed E-state index contributed by atoms with van der Waals surface area (Å²) >= 11 is 6.44. The predicted octanol–water partition coefficient (Wildman–Crippen LogP) is 4.17. The number of hydrogen-bond acceptors (Lipinski definition) is 5. The molecule has 4 nitrogen and oxygen atoms in total. The molecule has 0 aliphatic carbocycles. The van der Waals surface area contributed by atoms with E-state index in [9.17, 15) is 4.79 Å². The summed E-state index contributed by atoms with van der Waals surface area (Å²) in [4.78, 5) is 14.7. The van der Waals surface area contributed by atoms with Gasteiger partial charge in [0.15, 0.2) is 0 Å². The normalized spacial score (nSPS) is 16.6. The Kier molecular flexibility index (Phi) is 4.95. The molecule has 1 aliphatic heterocycles. The van der Waals surface area contributed by atoms with Gasteiger partial charge in [-0.05, 0) is 36.4 Å². The standard InChI is InChI=1S/C17H15NO3S2/c19-10-4-9-18-16(22)15(23-17(18)20)11-13-7-8-14(21-13)12-5-2-1-3-6-12/h1-3,5-8,11,19H,4,9-10H2/b15-11-. The highest BCUT2D eigenvalue weighted by Gasteiger charge is 2.31. The Balaban J connectivity index is 1.79. The lowest BCUT2D eigenvalue weighted by Crippen LogP contribution is -2.28. The Bertz CT molecular complexity index is 752. The summed E-state index contributed by atoms with van der Waals surface area (Å²) in [5, 5.41) is 8.79. The van der Waals surface area contributed by atoms with Crippen LogP contribution in [0.2, 0.25) is 0 Å². The van der Waals surface area contributed by atoms with Gasteiger partial charge in [0.1, 0.15) is 16.5 Å². The van der Waals surface area contributed by atoms with Crippen molar-refractivity contribution in [1.82, 2.24) is 4.90 Å². The summed E-state index contributed by atoms with van der Waals surface area (Å²) in [5.41, 5.74) is 0.999. The first-order chi connectivity index (χ1) is 11.2. The zero-order valence-corrected chi connectivity index (χ0v) is 13.9. The number of benzene rings is 1. The summed E-state index contributed by atoms with van der Waals surface area (Å²) < 4.78 is 5.81. The molecule has 1 saturated heterocycles. The predicted molar refractivity (Wildman–Crippen MR) is 96.1 cm³/mol. The van der Waals surface area contributed by atoms with E-state index >= 15 is 0 Å². The number of hydrogen-bond donors (Lipinski definition) is 1. The Morgan fingerprint density at radius 1 is 1.22 bits per heavy atom. The number of amides is 1. The summed E-state index contributed by atoms with van der Waals surface area (Å²) in [5.74, 6) is 1.43. The van der Waals surface area contributed by atoms with Gasteiger partial charge in [-0.2, -0.15) is 0 Å². The summed E-state index contributed by atoms with van der Waals surface area (Å²) in [6.07, 6.45) is 2.30. The third-order valence-corrected chi connectivity index (χ3v) is 4.87. The lowest BCUT2D eigenvalue weighted by molar-refractivity contribution is 0.238. The van der Waals surface area contributed by atoms with Gasteiger partial charge in [-0.15, -0.1) is 0 Å². The minimum absolute atomic E-state index is 0.0364. The number of carbonyl (C=O) groups excluding carboxylic acids is 1. The monoisotopic (exact) mass is 345 g/mol. The van der Waals surface area contributed by atoms with Crippen molar-refractivity contribution < 1.29 is 14.3 Å². The molecule has 1 amide bonds. The van der Waals surface area contributed by atoms with Crippen LogP contribution in [0.4, 0.5) is 4.79 Å². The van der Waals surface area contributed by atoms with Crippen LogP contribution in [0.25, 0.3) is 17.4 Å². The Hall–Kier alpha value is -1.89. The molecule has 23 heavy (non-hydrogen) atoms. The zero-order chi connectivity index (χ0) is 16.2. The van der Waals surface area contributed by atoms with Crippen LogP contribution in [0.15, 0.2) is 51.8 Å². The highest BCUT2D eigenvalue weighted by Crippen LogP contribution is 2.34. The molecule has 0 saturated carbocycles. The van der Waals surface area contributed by atoms with E-state index in [0.717, 1.165) is 23.1 Å². The summed E-state index contributed by atoms with van der Waals surface area (Å²) in [7, 11) is 0. The molecule has 0 spiro atoms. The van der Waals surface area contributed by atoms with Crippen LogP contribution in [0, 0.1) is 0 Å². The van der Waals surface area contributed by atoms with Crippen molar-refractivity contribution in [3.63, 3.8) is 0 Å². The third kappa shape index (κ3) is 3.55. The van der Waals surface area contributed by atoms with Gasteiger partial charge in [-0.25, -0.2) is 0 Å². The number of carbonyl (C=O) groups is 1. The molecule has 0 atom stereocenters. The van der Waals surface area contributed by atoms with Gasteiger partial charge >= 0.3 is 0 Å². The smallest absolute Gasteiger partial charge is 0.291 e. The molecule has 0 unspecified atom stereocenters. The van der Waals surface area contributed by atoms with E-state index < -0.39 is 0 Å². The van der Waals surface area contributed by atoms with Crippen LogP contribution in [-0.4, -0.2) is 33.4 Å². The van der Waals surface area contributed by atoms with Crippen molar-refractivity contribution in [3.8, 4) is 11.3 Å². The minimum Gasteiger partial charge on any atom is -0.457 e. The molecule has 1 aromatic heterocycles. The maximum Gasteiger partial charge on any atom is 0.291 e. The van der Waals surface area contributed by atoms with E-state index in [-0.39, 0.29) is 11.8 Å². The van der Waals surface area contributed by atoms with Gasteiger partial charge in [0.2, 0.25) is 0 Å². The quantitative estimate of drug-likeness (QED) is 0.651. The van der Waals surface area contributed by atoms with Crippen LogP contribution in [0.3, 0.4) is 0 Å². The average Bonchev–Trinajstić information content (AvgIpc) is 3.13. The van der Waals surface area contributed by atoms with Crippen molar-refractivity contribution >= 4 is 40.3 Å². The Labute approximate surface area is 143 Å². The van der Waals surface area contributed by atoms with Crippen molar-refractivity contribution in [2.24, 2.45) is 0 Å². The van der Waals surface area contributed by atoms with Gasteiger partial charge in [0, 0.05) is 18.7 Å². The molecule has 1 aromatic carbocycles. The van der Waals surface area contributed by atoms with Crippen molar-refractivity contribution in [1.29, 1.82) is 0 Å². The van der Waals surface area contributed by atoms with Gasteiger partial charge in [0.05, 0.1) is 4.91 Å². The fourth-order valence-corrected chi connectivity index (χ4v) is 3.51. The third-order valence-electron chi connectivity index (χ3n) is 3.37. The molecule has 1 N–H and O–H groups in total. The number of thiocarbonyl (C=S) groups is 1. The van der Waals surface area contributed by atoms with E-state index in [4.69, 9.17) is 21.7 Å². The number of thioether (sulfide) groups is 1. The van der Waals surface area contributed by atoms with E-state index in [1.165, 1.54) is 4.90 Å². The molecular weight excluding hydrogens is 330 g/mol. The number of furan rings is 1. The second-order valence-corrected chi connectivity index (χ2v) is 6.36. The van der Waals surface area contributed by atoms with Crippen LogP contribution in [0.5, 0.6) is 0 Å². The number of aliphatic hydroxyl groups excluding tert-OH is 1. The fraction of sp³-hybridized carbons (Fsp3) is 0.176. The Morgan fingerprint density at radius 2 is 2.00 bits per heavy atom. The molecule has 3 rings (SSSR count). The average molecular weight is 345 g/mol. The fourth-order valence-electron chi connectivity index (χ4n) is 2.24. The van der Waals surface area contributed by atoms with E-state index in [1.807, 2.05) is 42.5 Å². The number of aliphatic hydroxyl groups is 1. The summed E-state index contributed by atoms with van der Waals surface area (Å²) in [6, 6.07) is 13.6. The molecule has 2 aromatic rings. The molecule has 2 heterocycles. The highest BCUT2D eigenvalue weighted by atomic mass is 32.2. The number of nitrogens with zero attached hydrogens (tertiary/aromatic N) is 1. The molecular formula is C17H15NO3S2. The largest absolute Gasteiger partial charge is 0.457 e. The van der Waals surface area contributed by atoms with E-state index in [1.54, 1.807) is 6.08 Å². The van der Waals surface area contributed by atoms with Crippen LogP contribution < -0.4 is 0 Å². The molecule has 1 aliphatic rings. The SMILES string of the molecule is O=C1S/C(=C\c2ccc(-c3ccccc3)o2)C(=S)N1CCCO. The molecule has 0 bridgehead atoms. The molecule has 6 heteroatoms. The maximum absolute atomic E-state index is 12.0. The van der Waals surface area contributed by atoms with Gasteiger partial charge in [-0.1, -0.05) is 42.5 Å². The van der Waals surface area contributed by atoms with Crippen molar-refractivity contribution in [2.75, 3.05) is 13.2 Å². The minimum atomic E-state index is -0.107. The van der Waals surface area contributed by atoms with Crippen LogP contribution >= 0.6 is 24.0 Å². The first-order valence-corrected chi connectivity index (χ1v) is 8.43. The van der Waals surface area contributed by atoms with Gasteiger partial charge in [-0.3, -0.25) is 9.69 Å². The van der Waals surface area contributed by atoms with Crippen LogP contribution in [0.1, 0.15) is 12.2 Å². The second-order valence-electron chi connectivity index (χ2n) is 4.98. The van der Waals surface area contributed by atoms with Crippen molar-refractivity contribution in [3.05, 3.63) is 53.1 Å². The first-order valence-electron chi connectivity index (χ1n) is 7.20. The zero-order valence-electron chi connectivity index (χ0n) is 12.3. The van der Waals surface area contributed by atoms with Gasteiger partial charge in [0.25, 0.3) is 5.24 Å². The molecule has 118 valence electrons. The maximum atomic E-state index is 12.0.